The van der Waals surface area contributed by atoms with Crippen molar-refractivity contribution in [2.75, 3.05) is 26.2 Å². The predicted octanol–water partition coefficient (Wildman–Crippen LogP) is 1.89. The van der Waals surface area contributed by atoms with Gasteiger partial charge in [0.2, 0.25) is 0 Å². The van der Waals surface area contributed by atoms with Crippen LogP contribution in [0.25, 0.3) is 0 Å². The molecule has 102 valence electrons. The number of fused-ring (bicyclic) bond motifs is 1. The number of ether oxygens (including phenoxy) is 1. The summed E-state index contributed by atoms with van der Waals surface area (Å²) < 4.78 is 5.61. The Kier molecular flexibility index (Phi) is 6.21. The second-order valence-electron chi connectivity index (χ2n) is 5.70. The van der Waals surface area contributed by atoms with Gasteiger partial charge in [0.25, 0.3) is 0 Å². The summed E-state index contributed by atoms with van der Waals surface area (Å²) in [5.41, 5.74) is 6.20. The minimum Gasteiger partial charge on any atom is -0.377 e. The van der Waals surface area contributed by atoms with Gasteiger partial charge in [-0.2, -0.15) is 0 Å². The summed E-state index contributed by atoms with van der Waals surface area (Å²) in [5, 5.41) is 0. The molecule has 3 unspecified atom stereocenters. The Morgan fingerprint density at radius 1 is 1.29 bits per heavy atom. The van der Waals surface area contributed by atoms with Crippen LogP contribution in [-0.2, 0) is 4.74 Å². The van der Waals surface area contributed by atoms with Gasteiger partial charge < -0.3 is 15.4 Å². The minimum absolute atomic E-state index is 0. The number of nitrogens with zero attached hydrogens (tertiary/aromatic N) is 1. The molecule has 1 saturated carbocycles. The molecule has 17 heavy (non-hydrogen) atoms. The van der Waals surface area contributed by atoms with E-state index in [9.17, 15) is 0 Å². The Morgan fingerprint density at radius 3 is 2.71 bits per heavy atom. The largest absolute Gasteiger partial charge is 0.377 e. The van der Waals surface area contributed by atoms with Crippen LogP contribution in [0.2, 0.25) is 0 Å². The van der Waals surface area contributed by atoms with E-state index in [1.807, 2.05) is 0 Å². The molecule has 2 fully saturated rings. The number of halogens is 1. The van der Waals surface area contributed by atoms with Crippen molar-refractivity contribution in [2.45, 2.75) is 45.3 Å². The van der Waals surface area contributed by atoms with E-state index in [4.69, 9.17) is 10.5 Å². The van der Waals surface area contributed by atoms with Gasteiger partial charge in [0.05, 0.1) is 12.7 Å². The van der Waals surface area contributed by atoms with Gasteiger partial charge in [0, 0.05) is 25.7 Å². The highest BCUT2D eigenvalue weighted by Crippen LogP contribution is 2.35. The van der Waals surface area contributed by atoms with E-state index in [-0.39, 0.29) is 12.4 Å². The lowest BCUT2D eigenvalue weighted by Gasteiger charge is -2.29. The average molecular weight is 263 g/mol. The highest BCUT2D eigenvalue weighted by atomic mass is 35.5. The molecular formula is C13H27ClN2O. The normalized spacial score (nSPS) is 33.5. The quantitative estimate of drug-likeness (QED) is 0.841. The summed E-state index contributed by atoms with van der Waals surface area (Å²) in [6.07, 6.45) is 4.31. The molecule has 2 aliphatic rings. The summed E-state index contributed by atoms with van der Waals surface area (Å²) in [5.74, 6) is 1.62. The van der Waals surface area contributed by atoms with Crippen molar-refractivity contribution in [1.82, 2.24) is 4.90 Å². The van der Waals surface area contributed by atoms with Crippen molar-refractivity contribution in [3.8, 4) is 0 Å². The van der Waals surface area contributed by atoms with Crippen molar-refractivity contribution in [2.24, 2.45) is 17.6 Å². The van der Waals surface area contributed by atoms with Crippen LogP contribution < -0.4 is 5.73 Å². The highest BCUT2D eigenvalue weighted by Gasteiger charge is 2.38. The molecule has 0 amide bonds. The van der Waals surface area contributed by atoms with Crippen LogP contribution in [0.4, 0.5) is 0 Å². The maximum absolute atomic E-state index is 6.20. The molecule has 2 N–H and O–H groups in total. The summed E-state index contributed by atoms with van der Waals surface area (Å²) >= 11 is 0. The lowest BCUT2D eigenvalue weighted by molar-refractivity contribution is 0.0624. The first-order chi connectivity index (χ1) is 7.66. The van der Waals surface area contributed by atoms with E-state index in [0.717, 1.165) is 25.0 Å². The zero-order valence-corrected chi connectivity index (χ0v) is 11.9. The molecule has 1 saturated heterocycles. The third-order valence-electron chi connectivity index (χ3n) is 4.09. The first kappa shape index (κ1) is 15.2. The summed E-state index contributed by atoms with van der Waals surface area (Å²) in [6, 6.07) is 0.453. The molecule has 1 aliphatic heterocycles. The Balaban J connectivity index is 0.00000144. The Labute approximate surface area is 111 Å². The van der Waals surface area contributed by atoms with Gasteiger partial charge in [0.1, 0.15) is 0 Å². The van der Waals surface area contributed by atoms with Crippen LogP contribution >= 0.6 is 12.4 Å². The molecule has 4 heteroatoms. The van der Waals surface area contributed by atoms with Gasteiger partial charge >= 0.3 is 0 Å². The maximum atomic E-state index is 6.20. The summed E-state index contributed by atoms with van der Waals surface area (Å²) in [6.45, 7) is 8.59. The number of hydrogen-bond acceptors (Lipinski definition) is 3. The standard InChI is InChI=1S/C13H26N2O.ClH/c1-10(2)16-7-6-15-8-11-4-3-5-13(14)12(11)9-15;/h10-13H,3-9,14H2,1-2H3;1H. The first-order valence-corrected chi connectivity index (χ1v) is 6.76. The van der Waals surface area contributed by atoms with E-state index < -0.39 is 0 Å². The van der Waals surface area contributed by atoms with Crippen molar-refractivity contribution in [1.29, 1.82) is 0 Å². The number of hydrogen-bond donors (Lipinski definition) is 1. The zero-order valence-electron chi connectivity index (χ0n) is 11.1. The van der Waals surface area contributed by atoms with Crippen LogP contribution in [0.5, 0.6) is 0 Å². The lowest BCUT2D eigenvalue weighted by atomic mass is 9.78. The fourth-order valence-electron chi connectivity index (χ4n) is 3.21. The van der Waals surface area contributed by atoms with Crippen LogP contribution in [-0.4, -0.2) is 43.3 Å². The lowest BCUT2D eigenvalue weighted by Crippen LogP contribution is -2.38. The van der Waals surface area contributed by atoms with E-state index >= 15 is 0 Å². The van der Waals surface area contributed by atoms with Crippen LogP contribution in [0.3, 0.4) is 0 Å². The Bertz CT molecular complexity index is 225. The third kappa shape index (κ3) is 4.09. The minimum atomic E-state index is 0. The third-order valence-corrected chi connectivity index (χ3v) is 4.09. The number of nitrogens with two attached hydrogens (primary N) is 1. The van der Waals surface area contributed by atoms with E-state index in [2.05, 4.69) is 18.7 Å². The van der Waals surface area contributed by atoms with Crippen LogP contribution in [0.15, 0.2) is 0 Å². The molecule has 0 radical (unpaired) electrons. The molecule has 0 aromatic heterocycles. The summed E-state index contributed by atoms with van der Waals surface area (Å²) in [4.78, 5) is 2.54. The van der Waals surface area contributed by atoms with Gasteiger partial charge in [-0.1, -0.05) is 6.42 Å². The second-order valence-corrected chi connectivity index (χ2v) is 5.70. The van der Waals surface area contributed by atoms with Crippen molar-refractivity contribution < 1.29 is 4.74 Å². The van der Waals surface area contributed by atoms with Crippen LogP contribution in [0.1, 0.15) is 33.1 Å². The number of rotatable bonds is 4. The molecule has 0 bridgehead atoms. The van der Waals surface area contributed by atoms with Crippen molar-refractivity contribution in [3.63, 3.8) is 0 Å². The smallest absolute Gasteiger partial charge is 0.0596 e. The highest BCUT2D eigenvalue weighted by molar-refractivity contribution is 5.85. The van der Waals surface area contributed by atoms with Crippen LogP contribution in [0, 0.1) is 11.8 Å². The molecule has 3 atom stereocenters. The van der Waals surface area contributed by atoms with E-state index in [1.54, 1.807) is 0 Å². The average Bonchev–Trinajstić information content (AvgIpc) is 2.61. The molecule has 1 aliphatic carbocycles. The predicted molar refractivity (Wildman–Crippen MR) is 73.6 cm³/mol. The van der Waals surface area contributed by atoms with Crippen molar-refractivity contribution >= 4 is 12.4 Å². The molecule has 3 nitrogen and oxygen atoms in total. The fraction of sp³-hybridized carbons (Fsp3) is 1.00. The Hall–Kier alpha value is 0.170. The van der Waals surface area contributed by atoms with Gasteiger partial charge in [-0.15, -0.1) is 12.4 Å². The number of likely N-dealkylation sites (tertiary alicyclic amines) is 1. The SMILES string of the molecule is CC(C)OCCN1CC2CCCC(N)C2C1.Cl. The second kappa shape index (κ2) is 6.93. The van der Waals surface area contributed by atoms with E-state index in [0.29, 0.717) is 12.1 Å². The topological polar surface area (TPSA) is 38.5 Å². The van der Waals surface area contributed by atoms with Crippen molar-refractivity contribution in [3.05, 3.63) is 0 Å². The zero-order chi connectivity index (χ0) is 11.5. The molecule has 0 spiro atoms. The maximum Gasteiger partial charge on any atom is 0.0596 e. The molecule has 2 rings (SSSR count). The van der Waals surface area contributed by atoms with E-state index in [1.165, 1.54) is 32.4 Å². The van der Waals surface area contributed by atoms with Gasteiger partial charge in [0.15, 0.2) is 0 Å². The molecule has 0 aromatic carbocycles. The monoisotopic (exact) mass is 262 g/mol. The molecule has 0 aromatic rings. The fourth-order valence-corrected chi connectivity index (χ4v) is 3.21. The van der Waals surface area contributed by atoms with Gasteiger partial charge in [-0.25, -0.2) is 0 Å². The molecular weight excluding hydrogens is 236 g/mol. The molecule has 1 heterocycles. The van der Waals surface area contributed by atoms with Gasteiger partial charge in [-0.3, -0.25) is 0 Å². The van der Waals surface area contributed by atoms with Gasteiger partial charge in [-0.05, 0) is 38.5 Å². The first-order valence-electron chi connectivity index (χ1n) is 6.76. The Morgan fingerprint density at radius 2 is 2.06 bits per heavy atom. The summed E-state index contributed by atoms with van der Waals surface area (Å²) in [7, 11) is 0.